The standard InChI is InChI=1S/C40H54F2N6O8/c1-4-5-6-7-13-34(51)44-29(18-26-16-27(41)19-28(42)17-26)35(52)45-30(23-49)38(55)47-15-10-12-32(47)39(56)46-14-9-8-11-31(46)36(53)43-25(3)37(54)48-22-24(2)20-40(48)21-33(40)50/h7,13,16-17,19,24-25,29-32,49H,4-6,8-12,14-15,18,20-23H2,1-3H3,(H,43,53)(H,44,51)(H,45,52)/b13-7+/t24-,25-,29-,30-,31-,32-,40-/m0/s1. The lowest BCUT2D eigenvalue weighted by Crippen LogP contribution is -2.61. The molecule has 4 fully saturated rings. The van der Waals surface area contributed by atoms with Gasteiger partial charge in [0.05, 0.1) is 6.61 Å². The smallest absolute Gasteiger partial charge is 0.248 e. The highest BCUT2D eigenvalue weighted by Crippen LogP contribution is 2.48. The Bertz CT molecular complexity index is 1700. The number of likely N-dealkylation sites (tertiary alicyclic amines) is 3. The molecule has 0 aromatic heterocycles. The van der Waals surface area contributed by atoms with Crippen LogP contribution in [0.25, 0.3) is 0 Å². The predicted molar refractivity (Wildman–Crippen MR) is 199 cm³/mol. The second kappa shape index (κ2) is 18.5. The molecule has 7 atom stereocenters. The molecule has 14 nitrogen and oxygen atoms in total. The molecule has 0 radical (unpaired) electrons. The maximum absolute atomic E-state index is 14.1. The van der Waals surface area contributed by atoms with Gasteiger partial charge in [0.15, 0.2) is 5.78 Å². The Kier molecular flexibility index (Phi) is 14.0. The fourth-order valence-corrected chi connectivity index (χ4v) is 8.31. The highest BCUT2D eigenvalue weighted by atomic mass is 19.1. The number of rotatable bonds is 15. The molecule has 1 spiro atoms. The van der Waals surface area contributed by atoms with E-state index in [1.807, 2.05) is 13.8 Å². The second-order valence-corrected chi connectivity index (χ2v) is 15.7. The molecular weight excluding hydrogens is 730 g/mol. The molecule has 1 aromatic carbocycles. The van der Waals surface area contributed by atoms with Gasteiger partial charge in [-0.15, -0.1) is 0 Å². The van der Waals surface area contributed by atoms with Crippen molar-refractivity contribution in [3.05, 3.63) is 47.5 Å². The first-order chi connectivity index (χ1) is 26.7. The van der Waals surface area contributed by atoms with E-state index in [0.29, 0.717) is 57.6 Å². The highest BCUT2D eigenvalue weighted by Gasteiger charge is 2.63. The summed E-state index contributed by atoms with van der Waals surface area (Å²) in [6.45, 7) is 5.50. The summed E-state index contributed by atoms with van der Waals surface area (Å²) in [5, 5.41) is 18.1. The SMILES string of the molecule is CCCC/C=C/C(=O)N[C@@H](Cc1cc(F)cc(F)c1)C(=O)N[C@@H](CO)C(=O)N1CCC[C@H]1C(=O)N1CCCC[C@H]1C(=O)N[C@@H](C)C(=O)N1C[C@@H](C)C[C@@]12CC2=O. The van der Waals surface area contributed by atoms with Gasteiger partial charge in [0, 0.05) is 38.5 Å². The molecule has 56 heavy (non-hydrogen) atoms. The van der Waals surface area contributed by atoms with Gasteiger partial charge in [-0.1, -0.05) is 32.8 Å². The number of piperidine rings is 1. The van der Waals surface area contributed by atoms with Crippen molar-refractivity contribution in [3.63, 3.8) is 0 Å². The summed E-state index contributed by atoms with van der Waals surface area (Å²) in [6, 6.07) is -3.02. The summed E-state index contributed by atoms with van der Waals surface area (Å²) in [5.41, 5.74) is -0.700. The van der Waals surface area contributed by atoms with E-state index in [2.05, 4.69) is 16.0 Å². The maximum Gasteiger partial charge on any atom is 0.248 e. The number of halogens is 2. The van der Waals surface area contributed by atoms with Crippen molar-refractivity contribution < 1.29 is 47.4 Å². The first kappa shape index (κ1) is 42.4. The average Bonchev–Trinajstić information content (AvgIpc) is 3.44. The number of hydrogen-bond acceptors (Lipinski definition) is 8. The number of Topliss-reactive ketones (excluding diaryl/α,β-unsaturated/α-hetero) is 1. The third-order valence-electron chi connectivity index (χ3n) is 11.2. The van der Waals surface area contributed by atoms with Gasteiger partial charge in [-0.05, 0) is 81.6 Å². The number of aliphatic hydroxyl groups excluding tert-OH is 1. The Morgan fingerprint density at radius 1 is 0.929 bits per heavy atom. The molecule has 4 aliphatic rings. The normalized spacial score (nSPS) is 24.9. The van der Waals surface area contributed by atoms with E-state index in [9.17, 15) is 47.4 Å². The maximum atomic E-state index is 14.1. The molecule has 5 rings (SSSR count). The number of benzene rings is 1. The van der Waals surface area contributed by atoms with Gasteiger partial charge in [-0.25, -0.2) is 8.78 Å². The van der Waals surface area contributed by atoms with E-state index in [0.717, 1.165) is 25.0 Å². The summed E-state index contributed by atoms with van der Waals surface area (Å²) in [4.78, 5) is 98.1. The number of carbonyl (C=O) groups is 7. The Hall–Kier alpha value is -4.73. The molecule has 1 aromatic rings. The topological polar surface area (TPSA) is 186 Å². The van der Waals surface area contributed by atoms with Crippen LogP contribution in [-0.4, -0.2) is 123 Å². The van der Waals surface area contributed by atoms with E-state index >= 15 is 0 Å². The Morgan fingerprint density at radius 3 is 2.27 bits per heavy atom. The number of ketones is 1. The van der Waals surface area contributed by atoms with Crippen molar-refractivity contribution in [1.82, 2.24) is 30.7 Å². The third kappa shape index (κ3) is 9.79. The minimum atomic E-state index is -1.53. The van der Waals surface area contributed by atoms with Crippen molar-refractivity contribution >= 4 is 41.2 Å². The molecule has 306 valence electrons. The molecule has 6 amide bonds. The number of aliphatic hydroxyl groups is 1. The Labute approximate surface area is 325 Å². The van der Waals surface area contributed by atoms with Crippen molar-refractivity contribution in [2.75, 3.05) is 26.2 Å². The number of amides is 6. The van der Waals surface area contributed by atoms with E-state index in [4.69, 9.17) is 0 Å². The van der Waals surface area contributed by atoms with Crippen molar-refractivity contribution in [1.29, 1.82) is 0 Å². The lowest BCUT2D eigenvalue weighted by Gasteiger charge is -2.39. The number of nitrogens with one attached hydrogen (secondary N) is 3. The van der Waals surface area contributed by atoms with Crippen LogP contribution in [0.3, 0.4) is 0 Å². The van der Waals surface area contributed by atoms with Crippen LogP contribution < -0.4 is 16.0 Å². The zero-order valence-corrected chi connectivity index (χ0v) is 32.4. The van der Waals surface area contributed by atoms with Gasteiger partial charge in [-0.2, -0.15) is 0 Å². The number of carbonyl (C=O) groups excluding carboxylic acids is 7. The first-order valence-corrected chi connectivity index (χ1v) is 19.8. The van der Waals surface area contributed by atoms with Crippen LogP contribution >= 0.6 is 0 Å². The van der Waals surface area contributed by atoms with Gasteiger partial charge >= 0.3 is 0 Å². The lowest BCUT2D eigenvalue weighted by atomic mass is 9.99. The first-order valence-electron chi connectivity index (χ1n) is 19.8. The average molecular weight is 785 g/mol. The number of nitrogens with zero attached hydrogens (tertiary/aromatic N) is 3. The minimum absolute atomic E-state index is 0.0224. The summed E-state index contributed by atoms with van der Waals surface area (Å²) in [6.07, 6.45) is 8.17. The monoisotopic (exact) mass is 784 g/mol. The van der Waals surface area contributed by atoms with Crippen molar-refractivity contribution in [3.8, 4) is 0 Å². The van der Waals surface area contributed by atoms with Gasteiger partial charge in [0.25, 0.3) is 0 Å². The lowest BCUT2D eigenvalue weighted by molar-refractivity contribution is -0.151. The molecular formula is C40H54F2N6O8. The third-order valence-corrected chi connectivity index (χ3v) is 11.2. The summed E-state index contributed by atoms with van der Waals surface area (Å²) >= 11 is 0. The Morgan fingerprint density at radius 2 is 1.61 bits per heavy atom. The van der Waals surface area contributed by atoms with E-state index in [-0.39, 0.29) is 49.1 Å². The van der Waals surface area contributed by atoms with Crippen LogP contribution in [-0.2, 0) is 40.0 Å². The zero-order chi connectivity index (χ0) is 40.7. The van der Waals surface area contributed by atoms with E-state index < -0.39 is 83.5 Å². The predicted octanol–water partition coefficient (Wildman–Crippen LogP) is 1.67. The molecule has 1 aliphatic carbocycles. The fraction of sp³-hybridized carbons (Fsp3) is 0.625. The van der Waals surface area contributed by atoms with Crippen LogP contribution in [0.4, 0.5) is 8.78 Å². The largest absolute Gasteiger partial charge is 0.394 e. The van der Waals surface area contributed by atoms with E-state index in [1.165, 1.54) is 15.9 Å². The molecule has 3 saturated heterocycles. The van der Waals surface area contributed by atoms with Crippen LogP contribution in [0.2, 0.25) is 0 Å². The van der Waals surface area contributed by atoms with Crippen LogP contribution in [0.1, 0.15) is 90.5 Å². The van der Waals surface area contributed by atoms with Gasteiger partial charge in [0.2, 0.25) is 35.4 Å². The van der Waals surface area contributed by atoms with Gasteiger partial charge in [0.1, 0.15) is 47.4 Å². The number of allylic oxidation sites excluding steroid dienone is 1. The summed E-state index contributed by atoms with van der Waals surface area (Å²) in [5.74, 6) is -5.18. The molecule has 0 bridgehead atoms. The Balaban J connectivity index is 1.25. The summed E-state index contributed by atoms with van der Waals surface area (Å²) < 4.78 is 28.0. The summed E-state index contributed by atoms with van der Waals surface area (Å²) in [7, 11) is 0. The van der Waals surface area contributed by atoms with Crippen molar-refractivity contribution in [2.45, 2.75) is 127 Å². The quantitative estimate of drug-likeness (QED) is 0.153. The van der Waals surface area contributed by atoms with Crippen LogP contribution in [0.15, 0.2) is 30.4 Å². The van der Waals surface area contributed by atoms with Gasteiger partial charge < -0.3 is 35.8 Å². The highest BCUT2D eigenvalue weighted by molar-refractivity contribution is 6.09. The molecule has 4 N–H and O–H groups in total. The van der Waals surface area contributed by atoms with Crippen molar-refractivity contribution in [2.24, 2.45) is 5.92 Å². The molecule has 3 heterocycles. The van der Waals surface area contributed by atoms with Crippen LogP contribution in [0, 0.1) is 17.6 Å². The van der Waals surface area contributed by atoms with Crippen LogP contribution in [0.5, 0.6) is 0 Å². The number of unbranched alkanes of at least 4 members (excludes halogenated alkanes) is 2. The fourth-order valence-electron chi connectivity index (χ4n) is 8.31. The molecule has 1 saturated carbocycles. The molecule has 0 unspecified atom stereocenters. The van der Waals surface area contributed by atoms with E-state index in [1.54, 1.807) is 17.9 Å². The molecule has 3 aliphatic heterocycles. The molecule has 16 heteroatoms. The number of hydrogen-bond donors (Lipinski definition) is 4. The second-order valence-electron chi connectivity index (χ2n) is 15.7. The zero-order valence-electron chi connectivity index (χ0n) is 32.4. The van der Waals surface area contributed by atoms with Gasteiger partial charge in [-0.3, -0.25) is 33.6 Å². The minimum Gasteiger partial charge on any atom is -0.394 e.